The lowest BCUT2D eigenvalue weighted by Crippen LogP contribution is -2.33. The lowest BCUT2D eigenvalue weighted by molar-refractivity contribution is -0.115. The van der Waals surface area contributed by atoms with Gasteiger partial charge in [0.2, 0.25) is 0 Å². The second kappa shape index (κ2) is 11.8. The van der Waals surface area contributed by atoms with Crippen LogP contribution in [0.2, 0.25) is 0 Å². The fourth-order valence-electron chi connectivity index (χ4n) is 2.52. The fraction of sp³-hybridized carbons (Fsp3) is 0.300. The number of ether oxygens (including phenoxy) is 1. The number of nitrogens with two attached hydrogens (primary N) is 1. The Balaban J connectivity index is 1.88. The van der Waals surface area contributed by atoms with Gasteiger partial charge in [-0.25, -0.2) is 0 Å². The van der Waals surface area contributed by atoms with E-state index in [4.69, 9.17) is 15.7 Å². The molecule has 0 heterocycles. The van der Waals surface area contributed by atoms with Crippen molar-refractivity contribution in [1.82, 2.24) is 5.32 Å². The quantitative estimate of drug-likeness (QED) is 0.196. The zero-order chi connectivity index (χ0) is 20.4. The molecule has 6 nitrogen and oxygen atoms in total. The molecule has 0 radical (unpaired) electrons. The van der Waals surface area contributed by atoms with Gasteiger partial charge in [0.1, 0.15) is 11.5 Å². The fourth-order valence-corrected chi connectivity index (χ4v) is 4.04. The highest BCUT2D eigenvalue weighted by molar-refractivity contribution is 9.11. The van der Waals surface area contributed by atoms with Crippen LogP contribution in [0, 0.1) is 0 Å². The molecule has 0 aliphatic rings. The summed E-state index contributed by atoms with van der Waals surface area (Å²) in [4.78, 5) is 12.3. The van der Waals surface area contributed by atoms with Crippen molar-refractivity contribution in [3.8, 4) is 5.75 Å². The van der Waals surface area contributed by atoms with Gasteiger partial charge in [-0.05, 0) is 74.5 Å². The van der Waals surface area contributed by atoms with Crippen molar-refractivity contribution >= 4 is 43.5 Å². The molecule has 0 fully saturated rings. The molecule has 0 bridgehead atoms. The summed E-state index contributed by atoms with van der Waals surface area (Å²) in [6, 6.07) is 13.3. The Morgan fingerprint density at radius 1 is 1.14 bits per heavy atom. The minimum Gasteiger partial charge on any atom is -0.491 e. The van der Waals surface area contributed by atoms with Gasteiger partial charge in [-0.1, -0.05) is 35.5 Å². The predicted molar refractivity (Wildman–Crippen MR) is 117 cm³/mol. The topological polar surface area (TPSA) is 96.9 Å². The van der Waals surface area contributed by atoms with Crippen molar-refractivity contribution in [3.05, 3.63) is 62.5 Å². The van der Waals surface area contributed by atoms with Crippen molar-refractivity contribution in [3.63, 3.8) is 0 Å². The number of carbonyl (C=O) groups excluding carboxylic acids is 1. The van der Waals surface area contributed by atoms with Crippen molar-refractivity contribution in [2.75, 3.05) is 19.7 Å². The molecule has 2 aromatic rings. The zero-order valence-electron chi connectivity index (χ0n) is 15.3. The number of nitrogens with zero attached hydrogens (tertiary/aromatic N) is 1. The van der Waals surface area contributed by atoms with Gasteiger partial charge in [-0.3, -0.25) is 4.79 Å². The van der Waals surface area contributed by atoms with Gasteiger partial charge in [0.05, 0.1) is 15.6 Å². The Kier molecular flexibility index (Phi) is 9.46. The van der Waals surface area contributed by atoms with E-state index in [-0.39, 0.29) is 18.0 Å². The van der Waals surface area contributed by atoms with Crippen molar-refractivity contribution in [2.24, 2.45) is 10.9 Å². The molecular weight excluding hydrogens is 490 g/mol. The third kappa shape index (κ3) is 6.92. The maximum absolute atomic E-state index is 12.3. The van der Waals surface area contributed by atoms with Gasteiger partial charge in [-0.2, -0.15) is 0 Å². The van der Waals surface area contributed by atoms with Crippen LogP contribution in [-0.4, -0.2) is 36.5 Å². The smallest absolute Gasteiger partial charge is 0.269 e. The predicted octanol–water partition coefficient (Wildman–Crippen LogP) is 3.67. The van der Waals surface area contributed by atoms with Gasteiger partial charge in [0.25, 0.3) is 5.91 Å². The van der Waals surface area contributed by atoms with Gasteiger partial charge >= 0.3 is 0 Å². The van der Waals surface area contributed by atoms with Crippen LogP contribution in [0.4, 0.5) is 0 Å². The third-order valence-corrected chi connectivity index (χ3v) is 5.13. The Hall–Kier alpha value is -1.90. The Labute approximate surface area is 181 Å². The Morgan fingerprint density at radius 3 is 2.43 bits per heavy atom. The monoisotopic (exact) mass is 511 g/mol. The summed E-state index contributed by atoms with van der Waals surface area (Å²) in [5.41, 5.74) is 7.50. The van der Waals surface area contributed by atoms with Gasteiger partial charge in [0.15, 0.2) is 0 Å². The van der Waals surface area contributed by atoms with E-state index in [1.807, 2.05) is 42.5 Å². The van der Waals surface area contributed by atoms with E-state index in [1.54, 1.807) is 0 Å². The van der Waals surface area contributed by atoms with Crippen LogP contribution >= 0.6 is 31.9 Å². The normalized spacial score (nSPS) is 11.3. The first kappa shape index (κ1) is 22.4. The molecule has 0 aliphatic heterocycles. The number of hydrogen-bond donors (Lipinski definition) is 3. The van der Waals surface area contributed by atoms with E-state index < -0.39 is 0 Å². The third-order valence-electron chi connectivity index (χ3n) is 3.95. The summed E-state index contributed by atoms with van der Waals surface area (Å²) < 4.78 is 7.39. The molecule has 2 aromatic carbocycles. The second-order valence-electron chi connectivity index (χ2n) is 6.09. The number of nitrogens with one attached hydrogen (secondary N) is 1. The maximum atomic E-state index is 12.3. The standard InChI is InChI=1S/C20H23Br2N3O3/c21-16-11-15(12-17(22)19(16)28-10-4-8-23)7-9-24-20(26)18(25-27)13-14-5-2-1-3-6-14/h1-3,5-6,11-12,27H,4,7-10,13,23H2,(H,24,26)/b25-18+. The van der Waals surface area contributed by atoms with E-state index in [9.17, 15) is 4.79 Å². The van der Waals surface area contributed by atoms with Crippen LogP contribution in [-0.2, 0) is 17.6 Å². The lowest BCUT2D eigenvalue weighted by atomic mass is 10.1. The average molecular weight is 513 g/mol. The molecule has 4 N–H and O–H groups in total. The first-order chi connectivity index (χ1) is 13.5. The van der Waals surface area contributed by atoms with Crippen molar-refractivity contribution < 1.29 is 14.7 Å². The van der Waals surface area contributed by atoms with Gasteiger partial charge in [0, 0.05) is 13.0 Å². The van der Waals surface area contributed by atoms with Gasteiger partial charge in [-0.15, -0.1) is 0 Å². The number of amides is 1. The largest absolute Gasteiger partial charge is 0.491 e. The SMILES string of the molecule is NCCCOc1c(Br)cc(CCNC(=O)/C(Cc2ccccc2)=N/O)cc1Br. The summed E-state index contributed by atoms with van der Waals surface area (Å²) in [7, 11) is 0. The summed E-state index contributed by atoms with van der Waals surface area (Å²) in [5, 5.41) is 15.1. The molecule has 0 unspecified atom stereocenters. The highest BCUT2D eigenvalue weighted by Crippen LogP contribution is 2.35. The van der Waals surface area contributed by atoms with E-state index in [0.717, 1.165) is 32.2 Å². The number of rotatable bonds is 10. The first-order valence-electron chi connectivity index (χ1n) is 8.89. The molecule has 0 saturated heterocycles. The average Bonchev–Trinajstić information content (AvgIpc) is 2.69. The minimum atomic E-state index is -0.383. The van der Waals surface area contributed by atoms with E-state index in [1.165, 1.54) is 0 Å². The minimum absolute atomic E-state index is 0.0808. The maximum Gasteiger partial charge on any atom is 0.269 e. The molecule has 8 heteroatoms. The number of benzene rings is 2. The molecular formula is C20H23Br2N3O3. The molecule has 0 aromatic heterocycles. The highest BCUT2D eigenvalue weighted by atomic mass is 79.9. The molecule has 0 saturated carbocycles. The van der Waals surface area contributed by atoms with E-state index in [0.29, 0.717) is 26.1 Å². The van der Waals surface area contributed by atoms with E-state index >= 15 is 0 Å². The summed E-state index contributed by atoms with van der Waals surface area (Å²) in [6.45, 7) is 1.54. The zero-order valence-corrected chi connectivity index (χ0v) is 18.5. The molecule has 0 atom stereocenters. The summed E-state index contributed by atoms with van der Waals surface area (Å²) in [5.74, 6) is 0.352. The van der Waals surface area contributed by atoms with Crippen LogP contribution in [0.25, 0.3) is 0 Å². The van der Waals surface area contributed by atoms with Crippen molar-refractivity contribution in [1.29, 1.82) is 0 Å². The summed E-state index contributed by atoms with van der Waals surface area (Å²) >= 11 is 7.03. The van der Waals surface area contributed by atoms with Crippen LogP contribution in [0.3, 0.4) is 0 Å². The number of halogens is 2. The first-order valence-corrected chi connectivity index (χ1v) is 10.5. The second-order valence-corrected chi connectivity index (χ2v) is 7.80. The molecule has 0 spiro atoms. The Morgan fingerprint density at radius 2 is 1.82 bits per heavy atom. The number of carbonyl (C=O) groups is 1. The highest BCUT2D eigenvalue weighted by Gasteiger charge is 2.13. The van der Waals surface area contributed by atoms with Gasteiger partial charge < -0.3 is 21.0 Å². The van der Waals surface area contributed by atoms with Crippen LogP contribution in [0.1, 0.15) is 17.5 Å². The van der Waals surface area contributed by atoms with Crippen LogP contribution in [0.5, 0.6) is 5.75 Å². The Bertz CT molecular complexity index is 791. The molecule has 2 rings (SSSR count). The summed E-state index contributed by atoms with van der Waals surface area (Å²) in [6.07, 6.45) is 1.68. The lowest BCUT2D eigenvalue weighted by Gasteiger charge is -2.12. The number of oxime groups is 1. The molecule has 0 aliphatic carbocycles. The number of hydrogen-bond acceptors (Lipinski definition) is 5. The molecule has 28 heavy (non-hydrogen) atoms. The van der Waals surface area contributed by atoms with E-state index in [2.05, 4.69) is 42.3 Å². The molecule has 150 valence electrons. The van der Waals surface area contributed by atoms with Crippen LogP contribution < -0.4 is 15.8 Å². The van der Waals surface area contributed by atoms with Crippen LogP contribution in [0.15, 0.2) is 56.6 Å². The molecule has 1 amide bonds. The van der Waals surface area contributed by atoms with Crippen molar-refractivity contribution in [2.45, 2.75) is 19.3 Å².